The second kappa shape index (κ2) is 6.25. The van der Waals surface area contributed by atoms with Crippen molar-refractivity contribution in [3.63, 3.8) is 0 Å². The Balaban J connectivity index is 1.80. The van der Waals surface area contributed by atoms with Crippen LogP contribution in [0, 0.1) is 13.8 Å². The van der Waals surface area contributed by atoms with Gasteiger partial charge in [-0.25, -0.2) is 18.4 Å². The molecule has 124 valence electrons. The van der Waals surface area contributed by atoms with Crippen molar-refractivity contribution in [1.82, 2.24) is 19.4 Å². The lowest BCUT2D eigenvalue weighted by atomic mass is 10.4. The first kappa shape index (κ1) is 15.9. The van der Waals surface area contributed by atoms with Crippen LogP contribution in [-0.4, -0.2) is 54.0 Å². The lowest BCUT2D eigenvalue weighted by Gasteiger charge is -2.21. The number of anilines is 1. The molecule has 0 saturated carbocycles. The first-order valence-electron chi connectivity index (χ1n) is 7.45. The Morgan fingerprint density at radius 2 is 1.83 bits per heavy atom. The van der Waals surface area contributed by atoms with Gasteiger partial charge >= 0.3 is 0 Å². The van der Waals surface area contributed by atoms with Gasteiger partial charge in [0, 0.05) is 38.6 Å². The highest BCUT2D eigenvalue weighted by molar-refractivity contribution is 7.89. The zero-order valence-electron chi connectivity index (χ0n) is 13.1. The summed E-state index contributed by atoms with van der Waals surface area (Å²) in [6, 6.07) is 1.76. The molecule has 23 heavy (non-hydrogen) atoms. The molecule has 2 aromatic heterocycles. The van der Waals surface area contributed by atoms with E-state index in [1.807, 2.05) is 4.90 Å². The zero-order valence-corrected chi connectivity index (χ0v) is 14.0. The monoisotopic (exact) mass is 337 g/mol. The van der Waals surface area contributed by atoms with Crippen LogP contribution in [0.3, 0.4) is 0 Å². The minimum Gasteiger partial charge on any atom is -0.360 e. The van der Waals surface area contributed by atoms with E-state index < -0.39 is 10.0 Å². The summed E-state index contributed by atoms with van der Waals surface area (Å²) in [6.07, 6.45) is 4.08. The van der Waals surface area contributed by atoms with Gasteiger partial charge in [-0.2, -0.15) is 4.31 Å². The fourth-order valence-corrected chi connectivity index (χ4v) is 4.52. The largest absolute Gasteiger partial charge is 0.360 e. The lowest BCUT2D eigenvalue weighted by Crippen LogP contribution is -2.36. The quantitative estimate of drug-likeness (QED) is 0.824. The fourth-order valence-electron chi connectivity index (χ4n) is 2.76. The molecule has 1 aliphatic heterocycles. The third-order valence-corrected chi connectivity index (χ3v) is 6.00. The first-order chi connectivity index (χ1) is 11.0. The number of aromatic nitrogens is 3. The van der Waals surface area contributed by atoms with Crippen molar-refractivity contribution < 1.29 is 12.9 Å². The van der Waals surface area contributed by atoms with Crippen molar-refractivity contribution >= 4 is 16.0 Å². The maximum atomic E-state index is 12.9. The molecule has 0 bridgehead atoms. The Labute approximate surface area is 135 Å². The average molecular weight is 337 g/mol. The van der Waals surface area contributed by atoms with E-state index in [0.717, 1.165) is 6.54 Å². The predicted molar refractivity (Wildman–Crippen MR) is 83.6 cm³/mol. The van der Waals surface area contributed by atoms with Crippen LogP contribution >= 0.6 is 0 Å². The van der Waals surface area contributed by atoms with Gasteiger partial charge in [0.1, 0.15) is 10.6 Å². The number of sulfonamides is 1. The molecule has 8 nitrogen and oxygen atoms in total. The molecule has 2 aromatic rings. The fraction of sp³-hybridized carbons (Fsp3) is 0.500. The molecule has 1 aliphatic rings. The Hall–Kier alpha value is -2.00. The van der Waals surface area contributed by atoms with Crippen molar-refractivity contribution in [1.29, 1.82) is 0 Å². The molecular weight excluding hydrogens is 318 g/mol. The smallest absolute Gasteiger partial charge is 0.248 e. The van der Waals surface area contributed by atoms with Crippen LogP contribution in [0.5, 0.6) is 0 Å². The van der Waals surface area contributed by atoms with Gasteiger partial charge in [0.2, 0.25) is 16.0 Å². The van der Waals surface area contributed by atoms with E-state index in [4.69, 9.17) is 4.52 Å². The molecule has 1 saturated heterocycles. The highest BCUT2D eigenvalue weighted by Crippen LogP contribution is 2.24. The second-order valence-corrected chi connectivity index (χ2v) is 7.32. The van der Waals surface area contributed by atoms with E-state index in [9.17, 15) is 8.42 Å². The van der Waals surface area contributed by atoms with Gasteiger partial charge in [0.05, 0.1) is 0 Å². The SMILES string of the molecule is Cc1noc(C)c1S(=O)(=O)N1CCCN(c2ncccn2)CC1. The highest BCUT2D eigenvalue weighted by atomic mass is 32.2. The zero-order chi connectivity index (χ0) is 16.4. The Bertz CT molecular complexity index is 755. The molecule has 1 fully saturated rings. The third-order valence-electron chi connectivity index (χ3n) is 3.86. The van der Waals surface area contributed by atoms with Crippen LogP contribution < -0.4 is 4.90 Å². The molecule has 3 heterocycles. The van der Waals surface area contributed by atoms with Crippen molar-refractivity contribution in [3.8, 4) is 0 Å². The second-order valence-electron chi connectivity index (χ2n) is 5.45. The van der Waals surface area contributed by atoms with Gasteiger partial charge in [0.15, 0.2) is 5.76 Å². The molecular formula is C14H19N5O3S. The van der Waals surface area contributed by atoms with Gasteiger partial charge in [0.25, 0.3) is 0 Å². The van der Waals surface area contributed by atoms with Crippen LogP contribution in [-0.2, 0) is 10.0 Å². The van der Waals surface area contributed by atoms with E-state index in [-0.39, 0.29) is 4.90 Å². The number of nitrogens with zero attached hydrogens (tertiary/aromatic N) is 5. The average Bonchev–Trinajstić information content (AvgIpc) is 2.76. The summed E-state index contributed by atoms with van der Waals surface area (Å²) in [4.78, 5) is 10.6. The van der Waals surface area contributed by atoms with Gasteiger partial charge in [-0.3, -0.25) is 0 Å². The van der Waals surface area contributed by atoms with E-state index >= 15 is 0 Å². The molecule has 0 amide bonds. The Morgan fingerprint density at radius 1 is 1.09 bits per heavy atom. The molecule has 0 spiro atoms. The molecule has 3 rings (SSSR count). The minimum atomic E-state index is -3.60. The molecule has 0 radical (unpaired) electrons. The molecule has 0 unspecified atom stereocenters. The molecule has 0 aromatic carbocycles. The van der Waals surface area contributed by atoms with E-state index in [0.29, 0.717) is 43.5 Å². The molecule has 0 atom stereocenters. The topological polar surface area (TPSA) is 92.4 Å². The third kappa shape index (κ3) is 3.06. The number of hydrogen-bond donors (Lipinski definition) is 0. The van der Waals surface area contributed by atoms with Gasteiger partial charge in [-0.15, -0.1) is 0 Å². The summed E-state index contributed by atoms with van der Waals surface area (Å²) in [5.74, 6) is 0.957. The van der Waals surface area contributed by atoms with Gasteiger partial charge < -0.3 is 9.42 Å². The highest BCUT2D eigenvalue weighted by Gasteiger charge is 2.32. The van der Waals surface area contributed by atoms with Crippen LogP contribution in [0.4, 0.5) is 5.95 Å². The summed E-state index contributed by atoms with van der Waals surface area (Å²) in [5, 5.41) is 3.75. The first-order valence-corrected chi connectivity index (χ1v) is 8.89. The van der Waals surface area contributed by atoms with Crippen molar-refractivity contribution in [2.24, 2.45) is 0 Å². The number of aryl methyl sites for hydroxylation is 2. The lowest BCUT2D eigenvalue weighted by molar-refractivity contribution is 0.389. The van der Waals surface area contributed by atoms with Crippen LogP contribution in [0.25, 0.3) is 0 Å². The van der Waals surface area contributed by atoms with Crippen LogP contribution in [0.1, 0.15) is 17.9 Å². The minimum absolute atomic E-state index is 0.182. The summed E-state index contributed by atoms with van der Waals surface area (Å²) >= 11 is 0. The normalized spacial score (nSPS) is 17.2. The molecule has 9 heteroatoms. The van der Waals surface area contributed by atoms with Crippen molar-refractivity contribution in [3.05, 3.63) is 29.9 Å². The predicted octanol–water partition coefficient (Wildman–Crippen LogP) is 0.982. The summed E-state index contributed by atoms with van der Waals surface area (Å²) < 4.78 is 32.2. The Kier molecular flexibility index (Phi) is 4.31. The standard InChI is InChI=1S/C14H19N5O3S/c1-11-13(12(2)22-17-11)23(20,21)19-8-4-7-18(9-10-19)14-15-5-3-6-16-14/h3,5-6H,4,7-10H2,1-2H3. The van der Waals surface area contributed by atoms with E-state index in [1.165, 1.54) is 4.31 Å². The van der Waals surface area contributed by atoms with Crippen molar-refractivity contribution in [2.45, 2.75) is 25.2 Å². The van der Waals surface area contributed by atoms with Crippen LogP contribution in [0.2, 0.25) is 0 Å². The maximum absolute atomic E-state index is 12.9. The van der Waals surface area contributed by atoms with E-state index in [2.05, 4.69) is 15.1 Å². The molecule has 0 aliphatic carbocycles. The van der Waals surface area contributed by atoms with E-state index in [1.54, 1.807) is 32.3 Å². The van der Waals surface area contributed by atoms with Gasteiger partial charge in [-0.05, 0) is 26.3 Å². The maximum Gasteiger partial charge on any atom is 0.248 e. The summed E-state index contributed by atoms with van der Waals surface area (Å²) in [6.45, 7) is 5.37. The van der Waals surface area contributed by atoms with Crippen molar-refractivity contribution in [2.75, 3.05) is 31.1 Å². The summed E-state index contributed by atoms with van der Waals surface area (Å²) in [5.41, 5.74) is 0.398. The Morgan fingerprint density at radius 3 is 2.48 bits per heavy atom. The number of rotatable bonds is 3. The van der Waals surface area contributed by atoms with Gasteiger partial charge in [-0.1, -0.05) is 5.16 Å². The number of hydrogen-bond acceptors (Lipinski definition) is 7. The molecule has 0 N–H and O–H groups in total. The van der Waals surface area contributed by atoms with Crippen LogP contribution in [0.15, 0.2) is 27.9 Å². The summed E-state index contributed by atoms with van der Waals surface area (Å²) in [7, 11) is -3.60.